The van der Waals surface area contributed by atoms with Crippen molar-refractivity contribution in [1.29, 1.82) is 0 Å². The van der Waals surface area contributed by atoms with Gasteiger partial charge in [0.1, 0.15) is 5.75 Å². The van der Waals surface area contributed by atoms with Gasteiger partial charge in [0.25, 0.3) is 0 Å². The van der Waals surface area contributed by atoms with Gasteiger partial charge in [-0.15, -0.1) is 0 Å². The van der Waals surface area contributed by atoms with Crippen molar-refractivity contribution in [2.45, 2.75) is 38.8 Å². The highest BCUT2D eigenvalue weighted by Gasteiger charge is 2.33. The van der Waals surface area contributed by atoms with Crippen LogP contribution in [-0.2, 0) is 0 Å². The third-order valence-corrected chi connectivity index (χ3v) is 3.73. The Morgan fingerprint density at radius 2 is 2.06 bits per heavy atom. The number of hydrogen-bond donors (Lipinski definition) is 1. The number of hydrogen-bond acceptors (Lipinski definition) is 3. The van der Waals surface area contributed by atoms with Crippen LogP contribution in [0.5, 0.6) is 5.75 Å². The molecule has 1 heterocycles. The van der Waals surface area contributed by atoms with Crippen LogP contribution in [0, 0.1) is 0 Å². The van der Waals surface area contributed by atoms with E-state index in [4.69, 9.17) is 4.74 Å². The predicted molar refractivity (Wildman–Crippen MR) is 76.5 cm³/mol. The Hall–Kier alpha value is -1.22. The van der Waals surface area contributed by atoms with Crippen molar-refractivity contribution in [3.05, 3.63) is 24.3 Å². The minimum Gasteiger partial charge on any atom is -0.495 e. The van der Waals surface area contributed by atoms with Gasteiger partial charge in [0.15, 0.2) is 0 Å². The molecule has 1 fully saturated rings. The maximum absolute atomic E-state index is 5.52. The molecule has 0 radical (unpaired) electrons. The van der Waals surface area contributed by atoms with Gasteiger partial charge in [-0.3, -0.25) is 0 Å². The average molecular weight is 248 g/mol. The van der Waals surface area contributed by atoms with Crippen LogP contribution >= 0.6 is 0 Å². The molecule has 0 aromatic heterocycles. The summed E-state index contributed by atoms with van der Waals surface area (Å²) in [5, 5.41) is 3.52. The summed E-state index contributed by atoms with van der Waals surface area (Å²) in [6.07, 6.45) is 1.15. The predicted octanol–water partition coefficient (Wildman–Crippen LogP) is 2.66. The molecule has 1 aromatic carbocycles. The van der Waals surface area contributed by atoms with Gasteiger partial charge in [0.05, 0.1) is 12.8 Å². The highest BCUT2D eigenvalue weighted by Crippen LogP contribution is 2.35. The molecule has 1 N–H and O–H groups in total. The number of para-hydroxylation sites is 2. The molecule has 0 spiro atoms. The monoisotopic (exact) mass is 248 g/mol. The number of benzene rings is 1. The van der Waals surface area contributed by atoms with Gasteiger partial charge in [-0.05, 0) is 45.9 Å². The molecular formula is C15H24N2O. The first kappa shape index (κ1) is 13.2. The summed E-state index contributed by atoms with van der Waals surface area (Å²) >= 11 is 0. The number of ether oxygens (including phenoxy) is 1. The van der Waals surface area contributed by atoms with E-state index in [9.17, 15) is 0 Å². The minimum atomic E-state index is 0.0878. The molecule has 2 rings (SSSR count). The molecule has 1 atom stereocenters. The first-order chi connectivity index (χ1) is 8.56. The zero-order valence-corrected chi connectivity index (χ0v) is 11.9. The highest BCUT2D eigenvalue weighted by atomic mass is 16.5. The normalized spacial score (nSPS) is 23.6. The first-order valence-electron chi connectivity index (χ1n) is 6.69. The van der Waals surface area contributed by atoms with Crippen LogP contribution in [-0.4, -0.2) is 31.8 Å². The van der Waals surface area contributed by atoms with Crippen molar-refractivity contribution in [3.8, 4) is 5.75 Å². The molecular weight excluding hydrogens is 224 g/mol. The second-order valence-electron chi connectivity index (χ2n) is 5.67. The minimum absolute atomic E-state index is 0.0878. The van der Waals surface area contributed by atoms with Crippen molar-refractivity contribution in [2.24, 2.45) is 0 Å². The van der Waals surface area contributed by atoms with Gasteiger partial charge in [0.2, 0.25) is 0 Å². The summed E-state index contributed by atoms with van der Waals surface area (Å²) in [6, 6.07) is 8.81. The van der Waals surface area contributed by atoms with Crippen molar-refractivity contribution >= 4 is 5.69 Å². The van der Waals surface area contributed by atoms with Crippen LogP contribution in [0.4, 0.5) is 5.69 Å². The lowest BCUT2D eigenvalue weighted by atomic mass is 9.99. The largest absolute Gasteiger partial charge is 0.495 e. The van der Waals surface area contributed by atoms with Gasteiger partial charge in [-0.2, -0.15) is 0 Å². The zero-order chi connectivity index (χ0) is 13.2. The Kier molecular flexibility index (Phi) is 3.81. The van der Waals surface area contributed by atoms with Crippen LogP contribution in [0.1, 0.15) is 27.2 Å². The lowest BCUT2D eigenvalue weighted by Crippen LogP contribution is -2.52. The summed E-state index contributed by atoms with van der Waals surface area (Å²) < 4.78 is 5.52. The third-order valence-electron chi connectivity index (χ3n) is 3.73. The Morgan fingerprint density at radius 3 is 2.78 bits per heavy atom. The molecule has 1 unspecified atom stereocenters. The van der Waals surface area contributed by atoms with E-state index in [0.29, 0.717) is 6.04 Å². The highest BCUT2D eigenvalue weighted by molar-refractivity contribution is 5.61. The van der Waals surface area contributed by atoms with Crippen LogP contribution in [0.3, 0.4) is 0 Å². The van der Waals surface area contributed by atoms with E-state index in [2.05, 4.69) is 43.1 Å². The number of nitrogens with one attached hydrogen (secondary N) is 1. The molecule has 1 aromatic rings. The lowest BCUT2D eigenvalue weighted by Gasteiger charge is -2.43. The topological polar surface area (TPSA) is 24.5 Å². The van der Waals surface area contributed by atoms with E-state index < -0.39 is 0 Å². The van der Waals surface area contributed by atoms with Crippen LogP contribution in [0.25, 0.3) is 0 Å². The molecule has 0 aliphatic carbocycles. The molecule has 3 nitrogen and oxygen atoms in total. The summed E-state index contributed by atoms with van der Waals surface area (Å²) in [4.78, 5) is 2.49. The van der Waals surface area contributed by atoms with Gasteiger partial charge in [-0.1, -0.05) is 12.1 Å². The maximum atomic E-state index is 5.52. The Bertz CT molecular complexity index is 403. The third kappa shape index (κ3) is 2.46. The average Bonchev–Trinajstić information content (AvgIpc) is 2.47. The van der Waals surface area contributed by atoms with E-state index in [1.54, 1.807) is 7.11 Å². The summed E-state index contributed by atoms with van der Waals surface area (Å²) in [6.45, 7) is 8.94. The molecule has 18 heavy (non-hydrogen) atoms. The quantitative estimate of drug-likeness (QED) is 0.871. The van der Waals surface area contributed by atoms with Crippen LogP contribution in [0.15, 0.2) is 24.3 Å². The van der Waals surface area contributed by atoms with Gasteiger partial charge < -0.3 is 15.0 Å². The van der Waals surface area contributed by atoms with E-state index in [0.717, 1.165) is 25.3 Å². The summed E-state index contributed by atoms with van der Waals surface area (Å²) in [7, 11) is 1.74. The second-order valence-corrected chi connectivity index (χ2v) is 5.67. The first-order valence-corrected chi connectivity index (χ1v) is 6.69. The van der Waals surface area contributed by atoms with Gasteiger partial charge in [-0.25, -0.2) is 0 Å². The molecule has 0 bridgehead atoms. The Morgan fingerprint density at radius 1 is 1.33 bits per heavy atom. The van der Waals surface area contributed by atoms with Gasteiger partial charge >= 0.3 is 0 Å². The van der Waals surface area contributed by atoms with E-state index in [1.165, 1.54) is 5.69 Å². The number of methoxy groups -OCH3 is 1. The fraction of sp³-hybridized carbons (Fsp3) is 0.600. The van der Waals surface area contributed by atoms with Crippen LogP contribution < -0.4 is 15.0 Å². The lowest BCUT2D eigenvalue weighted by molar-refractivity contribution is 0.394. The maximum Gasteiger partial charge on any atom is 0.142 e. The number of nitrogens with zero attached hydrogens (tertiary/aromatic N) is 1. The fourth-order valence-electron chi connectivity index (χ4n) is 2.91. The Labute approximate surface area is 110 Å². The second kappa shape index (κ2) is 5.19. The zero-order valence-electron chi connectivity index (χ0n) is 11.9. The van der Waals surface area contributed by atoms with Crippen molar-refractivity contribution in [3.63, 3.8) is 0 Å². The molecule has 0 saturated carbocycles. The van der Waals surface area contributed by atoms with Gasteiger partial charge in [0, 0.05) is 18.1 Å². The summed E-state index contributed by atoms with van der Waals surface area (Å²) in [5.41, 5.74) is 1.28. The molecule has 1 aliphatic heterocycles. The molecule has 100 valence electrons. The number of rotatable bonds is 2. The van der Waals surface area contributed by atoms with E-state index in [1.807, 2.05) is 12.1 Å². The van der Waals surface area contributed by atoms with Crippen molar-refractivity contribution < 1.29 is 4.74 Å². The molecule has 0 amide bonds. The SMILES string of the molecule is COc1ccccc1N1C(C)CCNCC1(C)C. The standard InChI is InChI=1S/C15H24N2O/c1-12-9-10-16-11-15(2,3)17(12)13-7-5-6-8-14(13)18-4/h5-8,12,16H,9-11H2,1-4H3. The molecule has 1 aliphatic rings. The van der Waals surface area contributed by atoms with Crippen molar-refractivity contribution in [2.75, 3.05) is 25.1 Å². The number of anilines is 1. The smallest absolute Gasteiger partial charge is 0.142 e. The van der Waals surface area contributed by atoms with Crippen molar-refractivity contribution in [1.82, 2.24) is 5.32 Å². The van der Waals surface area contributed by atoms with E-state index >= 15 is 0 Å². The van der Waals surface area contributed by atoms with E-state index in [-0.39, 0.29) is 5.54 Å². The Balaban J connectivity index is 2.43. The molecule has 3 heteroatoms. The van der Waals surface area contributed by atoms with Crippen LogP contribution in [0.2, 0.25) is 0 Å². The fourth-order valence-corrected chi connectivity index (χ4v) is 2.91. The molecule has 1 saturated heterocycles. The summed E-state index contributed by atoms with van der Waals surface area (Å²) in [5.74, 6) is 0.958.